The number of halogens is 5. The third-order valence-corrected chi connectivity index (χ3v) is 4.00. The lowest BCUT2D eigenvalue weighted by Crippen LogP contribution is -2.06. The molecule has 2 N–H and O–H groups in total. The van der Waals surface area contributed by atoms with Gasteiger partial charge in [0.1, 0.15) is 11.6 Å². The topological polar surface area (TPSA) is 43.1 Å². The Bertz CT molecular complexity index is 699. The number of rotatable bonds is 2. The molecule has 2 aromatic rings. The van der Waals surface area contributed by atoms with E-state index in [4.69, 9.17) is 28.9 Å². The van der Waals surface area contributed by atoms with Gasteiger partial charge in [-0.2, -0.15) is 0 Å². The number of hydrogen-bond acceptors (Lipinski definition) is 2. The second-order valence-electron chi connectivity index (χ2n) is 3.94. The zero-order chi connectivity index (χ0) is 15.0. The highest BCUT2D eigenvalue weighted by Gasteiger charge is 2.19. The fraction of sp³-hybridized carbons (Fsp3) is 0. The highest BCUT2D eigenvalue weighted by molar-refractivity contribution is 9.10. The molecule has 0 saturated carbocycles. The lowest BCUT2D eigenvalue weighted by Gasteiger charge is -2.07. The quantitative estimate of drug-likeness (QED) is 0.460. The largest absolute Gasteiger partial charge is 0.397 e. The fourth-order valence-electron chi connectivity index (χ4n) is 1.59. The van der Waals surface area contributed by atoms with E-state index >= 15 is 0 Å². The molecule has 20 heavy (non-hydrogen) atoms. The molecular weight excluding hydrogens is 375 g/mol. The van der Waals surface area contributed by atoms with E-state index in [-0.39, 0.29) is 25.8 Å². The SMILES string of the molecule is Nc1cc(C(=O)c2cc(F)c(Br)cc2F)cc(Cl)c1Cl. The van der Waals surface area contributed by atoms with Crippen LogP contribution >= 0.6 is 39.1 Å². The molecule has 2 nitrogen and oxygen atoms in total. The minimum Gasteiger partial charge on any atom is -0.397 e. The lowest BCUT2D eigenvalue weighted by atomic mass is 10.0. The van der Waals surface area contributed by atoms with Crippen LogP contribution in [0.25, 0.3) is 0 Å². The molecule has 7 heteroatoms. The first kappa shape index (κ1) is 15.2. The van der Waals surface area contributed by atoms with Crippen molar-refractivity contribution in [3.05, 3.63) is 61.5 Å². The summed E-state index contributed by atoms with van der Waals surface area (Å²) in [6.07, 6.45) is 0. The number of carbonyl (C=O) groups is 1. The highest BCUT2D eigenvalue weighted by Crippen LogP contribution is 2.31. The predicted octanol–water partition coefficient (Wildman–Crippen LogP) is 4.85. The smallest absolute Gasteiger partial charge is 0.196 e. The van der Waals surface area contributed by atoms with E-state index in [0.717, 1.165) is 12.1 Å². The van der Waals surface area contributed by atoms with Gasteiger partial charge >= 0.3 is 0 Å². The molecule has 0 heterocycles. The van der Waals surface area contributed by atoms with Gasteiger partial charge in [-0.05, 0) is 40.2 Å². The highest BCUT2D eigenvalue weighted by atomic mass is 79.9. The summed E-state index contributed by atoms with van der Waals surface area (Å²) in [7, 11) is 0. The van der Waals surface area contributed by atoms with Gasteiger partial charge in [-0.3, -0.25) is 4.79 Å². The van der Waals surface area contributed by atoms with Crippen LogP contribution < -0.4 is 5.73 Å². The molecular formula is C13H6BrCl2F2NO. The maximum Gasteiger partial charge on any atom is 0.196 e. The molecule has 0 bridgehead atoms. The molecule has 0 aliphatic carbocycles. The standard InChI is InChI=1S/C13H6BrCl2F2NO/c14-7-4-9(17)6(3-10(7)18)13(20)5-1-8(15)12(16)11(19)2-5/h1-4H,19H2. The van der Waals surface area contributed by atoms with Crippen LogP contribution in [-0.2, 0) is 0 Å². The zero-order valence-corrected chi connectivity index (χ0v) is 12.8. The minimum absolute atomic E-state index is 0.0255. The van der Waals surface area contributed by atoms with Crippen molar-refractivity contribution in [3.63, 3.8) is 0 Å². The average Bonchev–Trinajstić information content (AvgIpc) is 2.38. The minimum atomic E-state index is -0.854. The van der Waals surface area contributed by atoms with Crippen molar-refractivity contribution in [1.29, 1.82) is 0 Å². The van der Waals surface area contributed by atoms with Crippen LogP contribution in [0.5, 0.6) is 0 Å². The van der Waals surface area contributed by atoms with Crippen molar-refractivity contribution < 1.29 is 13.6 Å². The van der Waals surface area contributed by atoms with Crippen molar-refractivity contribution in [2.24, 2.45) is 0 Å². The van der Waals surface area contributed by atoms with E-state index in [9.17, 15) is 13.6 Å². The molecule has 0 aromatic heterocycles. The van der Waals surface area contributed by atoms with Crippen molar-refractivity contribution in [2.45, 2.75) is 0 Å². The Kier molecular flexibility index (Phi) is 4.32. The van der Waals surface area contributed by atoms with Crippen LogP contribution in [0.1, 0.15) is 15.9 Å². The molecule has 0 amide bonds. The number of nitrogen functional groups attached to an aromatic ring is 1. The van der Waals surface area contributed by atoms with Crippen LogP contribution in [-0.4, -0.2) is 5.78 Å². The third kappa shape index (κ3) is 2.80. The molecule has 0 fully saturated rings. The Morgan fingerprint density at radius 3 is 2.35 bits per heavy atom. The third-order valence-electron chi connectivity index (χ3n) is 2.57. The number of ketones is 1. The van der Waals surface area contributed by atoms with Gasteiger partial charge in [0.2, 0.25) is 0 Å². The summed E-state index contributed by atoms with van der Waals surface area (Å²) in [5, 5.41) is 0.165. The number of nitrogens with two attached hydrogens (primary N) is 1. The molecule has 0 aliphatic rings. The summed E-state index contributed by atoms with van der Waals surface area (Å²) in [5.41, 5.74) is 5.28. The molecule has 104 valence electrons. The van der Waals surface area contributed by atoms with Crippen molar-refractivity contribution >= 4 is 50.6 Å². The molecule has 0 unspecified atom stereocenters. The van der Waals surface area contributed by atoms with Gasteiger partial charge in [-0.1, -0.05) is 23.2 Å². The van der Waals surface area contributed by atoms with Gasteiger partial charge in [-0.15, -0.1) is 0 Å². The van der Waals surface area contributed by atoms with Crippen molar-refractivity contribution in [1.82, 2.24) is 0 Å². The van der Waals surface area contributed by atoms with Crippen molar-refractivity contribution in [2.75, 3.05) is 5.73 Å². The Hall–Kier alpha value is -1.17. The van der Waals surface area contributed by atoms with E-state index in [0.29, 0.717) is 0 Å². The first-order valence-electron chi connectivity index (χ1n) is 5.25. The second-order valence-corrected chi connectivity index (χ2v) is 5.58. The van der Waals surface area contributed by atoms with Crippen LogP contribution in [0, 0.1) is 11.6 Å². The van der Waals surface area contributed by atoms with E-state index in [2.05, 4.69) is 15.9 Å². The average molecular weight is 381 g/mol. The summed E-state index contributed by atoms with van der Waals surface area (Å²) in [6, 6.07) is 4.20. The van der Waals surface area contributed by atoms with E-state index in [1.54, 1.807) is 0 Å². The molecule has 0 saturated heterocycles. The summed E-state index contributed by atoms with van der Waals surface area (Å²) in [4.78, 5) is 12.2. The Morgan fingerprint density at radius 1 is 1.10 bits per heavy atom. The number of carbonyl (C=O) groups excluding carboxylic acids is 1. The first-order valence-corrected chi connectivity index (χ1v) is 6.80. The van der Waals surface area contributed by atoms with E-state index in [1.807, 2.05) is 0 Å². The molecule has 0 atom stereocenters. The van der Waals surface area contributed by atoms with Crippen molar-refractivity contribution in [3.8, 4) is 0 Å². The maximum atomic E-state index is 13.7. The first-order chi connectivity index (χ1) is 9.31. The van der Waals surface area contributed by atoms with Gasteiger partial charge in [-0.25, -0.2) is 8.78 Å². The summed E-state index contributed by atoms with van der Waals surface area (Å²) in [5.74, 6) is -2.34. The van der Waals surface area contributed by atoms with Gasteiger partial charge in [0.05, 0.1) is 25.8 Å². The van der Waals surface area contributed by atoms with Gasteiger partial charge in [0, 0.05) is 5.56 Å². The molecule has 2 rings (SSSR count). The van der Waals surface area contributed by atoms with E-state index in [1.165, 1.54) is 12.1 Å². The maximum absolute atomic E-state index is 13.7. The summed E-state index contributed by atoms with van der Waals surface area (Å²) in [6.45, 7) is 0. The normalized spacial score (nSPS) is 10.7. The van der Waals surface area contributed by atoms with Gasteiger partial charge in [0.15, 0.2) is 5.78 Å². The van der Waals surface area contributed by atoms with Crippen LogP contribution in [0.3, 0.4) is 0 Å². The zero-order valence-electron chi connectivity index (χ0n) is 9.68. The van der Waals surface area contributed by atoms with Crippen LogP contribution in [0.4, 0.5) is 14.5 Å². The molecule has 2 aromatic carbocycles. The summed E-state index contributed by atoms with van der Waals surface area (Å²) < 4.78 is 27.1. The number of hydrogen-bond donors (Lipinski definition) is 1. The monoisotopic (exact) mass is 379 g/mol. The Morgan fingerprint density at radius 2 is 1.75 bits per heavy atom. The number of anilines is 1. The predicted molar refractivity (Wildman–Crippen MR) is 78.4 cm³/mol. The molecule has 0 radical (unpaired) electrons. The summed E-state index contributed by atoms with van der Waals surface area (Å²) >= 11 is 14.4. The number of benzene rings is 2. The lowest BCUT2D eigenvalue weighted by molar-refractivity contribution is 0.103. The Labute approximate surface area is 131 Å². The molecule has 0 aliphatic heterocycles. The van der Waals surface area contributed by atoms with Gasteiger partial charge in [0.25, 0.3) is 0 Å². The second kappa shape index (κ2) is 5.68. The van der Waals surface area contributed by atoms with E-state index < -0.39 is 23.0 Å². The van der Waals surface area contributed by atoms with Gasteiger partial charge < -0.3 is 5.73 Å². The van der Waals surface area contributed by atoms with Crippen LogP contribution in [0.2, 0.25) is 10.0 Å². The Balaban J connectivity index is 2.55. The fourth-order valence-corrected chi connectivity index (χ4v) is 2.24. The van der Waals surface area contributed by atoms with Crippen LogP contribution in [0.15, 0.2) is 28.7 Å². The molecule has 0 spiro atoms.